The van der Waals surface area contributed by atoms with E-state index in [4.69, 9.17) is 0 Å². The molecule has 0 fully saturated rings. The van der Waals surface area contributed by atoms with E-state index >= 15 is 0 Å². The lowest BCUT2D eigenvalue weighted by Crippen LogP contribution is -2.04. The van der Waals surface area contributed by atoms with Crippen LogP contribution in [0.3, 0.4) is 0 Å². The third-order valence-electron chi connectivity index (χ3n) is 3.56. The summed E-state index contributed by atoms with van der Waals surface area (Å²) in [5.74, 6) is -0.391. The van der Waals surface area contributed by atoms with E-state index in [1.807, 2.05) is 42.5 Å². The van der Waals surface area contributed by atoms with E-state index in [1.54, 1.807) is 12.1 Å². The fourth-order valence-electron chi connectivity index (χ4n) is 2.47. The van der Waals surface area contributed by atoms with Crippen LogP contribution in [0.5, 0.6) is 0 Å². The van der Waals surface area contributed by atoms with E-state index in [9.17, 15) is 9.50 Å². The van der Waals surface area contributed by atoms with E-state index in [0.29, 0.717) is 16.5 Å². The molecule has 0 aliphatic heterocycles. The maximum absolute atomic E-state index is 13.9. The van der Waals surface area contributed by atoms with Gasteiger partial charge in [-0.15, -0.1) is 0 Å². The van der Waals surface area contributed by atoms with E-state index < -0.39 is 11.9 Å². The Morgan fingerprint density at radius 1 is 0.952 bits per heavy atom. The number of benzene rings is 3. The van der Waals surface area contributed by atoms with Crippen molar-refractivity contribution in [3.8, 4) is 0 Å². The quantitative estimate of drug-likeness (QED) is 0.707. The van der Waals surface area contributed by atoms with Gasteiger partial charge in [-0.25, -0.2) is 4.39 Å². The van der Waals surface area contributed by atoms with Gasteiger partial charge in [0.2, 0.25) is 0 Å². The number of halogens is 2. The van der Waals surface area contributed by atoms with E-state index in [-0.39, 0.29) is 0 Å². The molecule has 0 saturated heterocycles. The van der Waals surface area contributed by atoms with Crippen LogP contribution >= 0.6 is 15.9 Å². The van der Waals surface area contributed by atoms with E-state index in [1.165, 1.54) is 6.07 Å². The molecule has 3 heteroatoms. The van der Waals surface area contributed by atoms with E-state index in [0.717, 1.165) is 16.3 Å². The lowest BCUT2D eigenvalue weighted by molar-refractivity contribution is 0.173. The first-order valence-corrected chi connectivity index (χ1v) is 7.53. The number of aliphatic hydroxyl groups is 1. The van der Waals surface area contributed by atoms with Crippen LogP contribution in [-0.4, -0.2) is 5.11 Å². The Kier molecular flexibility index (Phi) is 4.04. The van der Waals surface area contributed by atoms with Gasteiger partial charge in [0.25, 0.3) is 0 Å². The summed E-state index contributed by atoms with van der Waals surface area (Å²) < 4.78 is 14.5. The molecule has 0 aromatic heterocycles. The van der Waals surface area contributed by atoms with Gasteiger partial charge in [-0.3, -0.25) is 0 Å². The monoisotopic (exact) mass is 344 g/mol. The highest BCUT2D eigenvalue weighted by Crippen LogP contribution is 2.25. The van der Waals surface area contributed by atoms with E-state index in [2.05, 4.69) is 15.9 Å². The zero-order chi connectivity index (χ0) is 14.8. The number of aliphatic hydroxyl groups excluding tert-OH is 1. The van der Waals surface area contributed by atoms with Crippen molar-refractivity contribution >= 4 is 26.7 Å². The fraction of sp³-hybridized carbons (Fsp3) is 0.111. The van der Waals surface area contributed by atoms with Crippen LogP contribution in [0.25, 0.3) is 10.8 Å². The van der Waals surface area contributed by atoms with Crippen LogP contribution in [0.2, 0.25) is 0 Å². The van der Waals surface area contributed by atoms with Crippen LogP contribution in [0, 0.1) is 5.82 Å². The zero-order valence-electron chi connectivity index (χ0n) is 11.3. The van der Waals surface area contributed by atoms with Crippen molar-refractivity contribution in [3.05, 3.63) is 82.1 Å². The van der Waals surface area contributed by atoms with Gasteiger partial charge in [0.05, 0.1) is 6.10 Å². The molecule has 0 spiro atoms. The number of fused-ring (bicyclic) bond motifs is 1. The van der Waals surface area contributed by atoms with Gasteiger partial charge < -0.3 is 5.11 Å². The van der Waals surface area contributed by atoms with Gasteiger partial charge in [0.1, 0.15) is 5.82 Å². The second kappa shape index (κ2) is 5.96. The van der Waals surface area contributed by atoms with Crippen LogP contribution in [0.1, 0.15) is 17.2 Å². The van der Waals surface area contributed by atoms with Gasteiger partial charge in [0, 0.05) is 16.5 Å². The molecular weight excluding hydrogens is 331 g/mol. The molecule has 0 bridgehead atoms. The molecular formula is C18H14BrFO. The van der Waals surface area contributed by atoms with Crippen LogP contribution in [-0.2, 0) is 6.42 Å². The second-order valence-electron chi connectivity index (χ2n) is 5.07. The third kappa shape index (κ3) is 3.14. The van der Waals surface area contributed by atoms with Crippen molar-refractivity contribution in [2.45, 2.75) is 12.5 Å². The molecule has 21 heavy (non-hydrogen) atoms. The largest absolute Gasteiger partial charge is 0.388 e. The molecule has 0 radical (unpaired) electrons. The summed E-state index contributed by atoms with van der Waals surface area (Å²) in [4.78, 5) is 0. The minimum Gasteiger partial charge on any atom is -0.388 e. The van der Waals surface area contributed by atoms with Crippen molar-refractivity contribution < 1.29 is 9.50 Å². The first kappa shape index (κ1) is 14.2. The number of hydrogen-bond acceptors (Lipinski definition) is 1. The highest BCUT2D eigenvalue weighted by molar-refractivity contribution is 9.10. The first-order valence-electron chi connectivity index (χ1n) is 6.74. The summed E-state index contributed by atoms with van der Waals surface area (Å²) >= 11 is 3.22. The van der Waals surface area contributed by atoms with Gasteiger partial charge >= 0.3 is 0 Å². The average Bonchev–Trinajstić information content (AvgIpc) is 2.47. The Bertz CT molecular complexity index is 785. The maximum Gasteiger partial charge on any atom is 0.130 e. The highest BCUT2D eigenvalue weighted by Gasteiger charge is 2.14. The Balaban J connectivity index is 1.87. The molecule has 0 aliphatic carbocycles. The average molecular weight is 345 g/mol. The minimum absolute atomic E-state index is 0.325. The Hall–Kier alpha value is -1.71. The standard InChI is InChI=1S/C18H14BrFO/c19-15-7-8-16(17(20)11-15)18(21)10-12-5-6-13-3-1-2-4-14(13)9-12/h1-9,11,18,21H,10H2. The van der Waals surface area contributed by atoms with Gasteiger partial charge in [-0.05, 0) is 28.5 Å². The summed E-state index contributed by atoms with van der Waals surface area (Å²) in [5.41, 5.74) is 1.31. The summed E-state index contributed by atoms with van der Waals surface area (Å²) in [6, 6.07) is 18.8. The molecule has 0 amide bonds. The molecule has 1 N–H and O–H groups in total. The lowest BCUT2D eigenvalue weighted by atomic mass is 9.99. The van der Waals surface area contributed by atoms with Gasteiger partial charge in [-0.2, -0.15) is 0 Å². The molecule has 0 aliphatic rings. The summed E-state index contributed by atoms with van der Waals surface area (Å²) in [7, 11) is 0. The van der Waals surface area contributed by atoms with Crippen LogP contribution in [0.4, 0.5) is 4.39 Å². The molecule has 0 heterocycles. The lowest BCUT2D eigenvalue weighted by Gasteiger charge is -2.13. The Morgan fingerprint density at radius 3 is 2.48 bits per heavy atom. The molecule has 1 unspecified atom stereocenters. The summed E-state index contributed by atoms with van der Waals surface area (Å²) in [6.07, 6.45) is -0.456. The smallest absolute Gasteiger partial charge is 0.130 e. The zero-order valence-corrected chi connectivity index (χ0v) is 12.8. The highest BCUT2D eigenvalue weighted by atomic mass is 79.9. The predicted octanol–water partition coefficient (Wildman–Crippen LogP) is 5.02. The van der Waals surface area contributed by atoms with Gasteiger partial charge in [-0.1, -0.05) is 64.5 Å². The molecule has 0 saturated carbocycles. The normalized spacial score (nSPS) is 12.5. The maximum atomic E-state index is 13.9. The number of hydrogen-bond donors (Lipinski definition) is 1. The summed E-state index contributed by atoms with van der Waals surface area (Å²) in [5, 5.41) is 12.5. The molecule has 3 aromatic carbocycles. The van der Waals surface area contributed by atoms with Crippen molar-refractivity contribution in [1.82, 2.24) is 0 Å². The van der Waals surface area contributed by atoms with Crippen molar-refractivity contribution in [1.29, 1.82) is 0 Å². The summed E-state index contributed by atoms with van der Waals surface area (Å²) in [6.45, 7) is 0. The van der Waals surface area contributed by atoms with Gasteiger partial charge in [0.15, 0.2) is 0 Å². The third-order valence-corrected chi connectivity index (χ3v) is 4.06. The van der Waals surface area contributed by atoms with Crippen LogP contribution < -0.4 is 0 Å². The first-order chi connectivity index (χ1) is 10.1. The molecule has 3 aromatic rings. The Morgan fingerprint density at radius 2 is 1.71 bits per heavy atom. The fourth-order valence-corrected chi connectivity index (χ4v) is 2.80. The number of rotatable bonds is 3. The SMILES string of the molecule is OC(Cc1ccc2ccccc2c1)c1ccc(Br)cc1F. The molecule has 1 nitrogen and oxygen atoms in total. The van der Waals surface area contributed by atoms with Crippen molar-refractivity contribution in [3.63, 3.8) is 0 Å². The predicted molar refractivity (Wildman–Crippen MR) is 86.7 cm³/mol. The topological polar surface area (TPSA) is 20.2 Å². The van der Waals surface area contributed by atoms with Crippen molar-refractivity contribution in [2.24, 2.45) is 0 Å². The molecule has 106 valence electrons. The molecule has 3 rings (SSSR count). The van der Waals surface area contributed by atoms with Crippen molar-refractivity contribution in [2.75, 3.05) is 0 Å². The van der Waals surface area contributed by atoms with Crippen LogP contribution in [0.15, 0.2) is 65.1 Å². The minimum atomic E-state index is -0.848. The second-order valence-corrected chi connectivity index (χ2v) is 5.98. The molecule has 1 atom stereocenters. The Labute approximate surface area is 131 Å².